The lowest BCUT2D eigenvalue weighted by Gasteiger charge is -1.87. The van der Waals surface area contributed by atoms with Crippen molar-refractivity contribution in [3.63, 3.8) is 0 Å². The van der Waals surface area contributed by atoms with Crippen LogP contribution in [-0.4, -0.2) is 7.28 Å². The summed E-state index contributed by atoms with van der Waals surface area (Å²) in [5.41, 5.74) is 1.21. The molecule has 1 rings (SSSR count). The zero-order valence-corrected chi connectivity index (χ0v) is 5.17. The van der Waals surface area contributed by atoms with Crippen LogP contribution in [0.5, 0.6) is 0 Å². The van der Waals surface area contributed by atoms with Crippen LogP contribution in [0.25, 0.3) is 0 Å². The van der Waals surface area contributed by atoms with Crippen LogP contribution in [0, 0.1) is 12.2 Å². The first-order chi connectivity index (χ1) is 4.43. The Labute approximate surface area is 56.1 Å². The molecule has 0 aliphatic rings. The van der Waals surface area contributed by atoms with E-state index in [2.05, 4.69) is 5.82 Å². The predicted molar refractivity (Wildman–Crippen MR) is 42.1 cm³/mol. The van der Waals surface area contributed by atoms with E-state index in [1.165, 1.54) is 5.46 Å². The fraction of sp³-hybridized carbons (Fsp3) is 0. The summed E-state index contributed by atoms with van der Waals surface area (Å²) in [5.74, 6) is 2.58. The van der Waals surface area contributed by atoms with Gasteiger partial charge in [0, 0.05) is 0 Å². The standard InChI is InChI=1S/C8H7B/c1-2-9-8-6-4-3-5-7-8/h1,3-7,9H. The molecule has 0 fully saturated rings. The number of terminal acetylenes is 1. The van der Waals surface area contributed by atoms with Crippen LogP contribution in [0.15, 0.2) is 30.3 Å². The smallest absolute Gasteiger partial charge is 0.157 e. The van der Waals surface area contributed by atoms with Crippen LogP contribution in [0.3, 0.4) is 0 Å². The molecule has 0 saturated carbocycles. The summed E-state index contributed by atoms with van der Waals surface area (Å²) in [7, 11) is 0.737. The molecule has 0 unspecified atom stereocenters. The van der Waals surface area contributed by atoms with Gasteiger partial charge in [0.1, 0.15) is 0 Å². The molecule has 0 bridgehead atoms. The first kappa shape index (κ1) is 5.97. The second-order valence-corrected chi connectivity index (χ2v) is 1.87. The van der Waals surface area contributed by atoms with Crippen molar-refractivity contribution in [2.45, 2.75) is 0 Å². The monoisotopic (exact) mass is 114 g/mol. The second-order valence-electron chi connectivity index (χ2n) is 1.87. The second kappa shape index (κ2) is 2.99. The van der Waals surface area contributed by atoms with Gasteiger partial charge in [0.05, 0.1) is 0 Å². The Balaban J connectivity index is 2.76. The summed E-state index contributed by atoms with van der Waals surface area (Å²) in [6.45, 7) is 0. The normalized spacial score (nSPS) is 7.89. The van der Waals surface area contributed by atoms with Gasteiger partial charge in [-0.15, -0.1) is 6.42 Å². The van der Waals surface area contributed by atoms with Gasteiger partial charge in [-0.2, -0.15) is 5.82 Å². The number of hydrogen-bond acceptors (Lipinski definition) is 0. The van der Waals surface area contributed by atoms with Crippen LogP contribution in [0.4, 0.5) is 0 Å². The molecule has 9 heavy (non-hydrogen) atoms. The molecule has 0 aromatic heterocycles. The average molecular weight is 114 g/mol. The summed E-state index contributed by atoms with van der Waals surface area (Å²) in [6, 6.07) is 10.0. The maximum absolute atomic E-state index is 5.11. The summed E-state index contributed by atoms with van der Waals surface area (Å²) >= 11 is 0. The van der Waals surface area contributed by atoms with E-state index in [4.69, 9.17) is 6.42 Å². The SMILES string of the molecule is C#CBc1ccccc1. The number of hydrogen-bond donors (Lipinski definition) is 0. The van der Waals surface area contributed by atoms with Crippen molar-refractivity contribution in [3.8, 4) is 12.2 Å². The summed E-state index contributed by atoms with van der Waals surface area (Å²) in [4.78, 5) is 0. The molecule has 0 saturated heterocycles. The van der Waals surface area contributed by atoms with E-state index in [0.717, 1.165) is 7.28 Å². The van der Waals surface area contributed by atoms with Crippen LogP contribution < -0.4 is 5.46 Å². The van der Waals surface area contributed by atoms with Gasteiger partial charge in [-0.3, -0.25) is 0 Å². The summed E-state index contributed by atoms with van der Waals surface area (Å²) in [5, 5.41) is 0. The third-order valence-electron chi connectivity index (χ3n) is 1.15. The first-order valence-electron chi connectivity index (χ1n) is 2.91. The maximum Gasteiger partial charge on any atom is 0.245 e. The largest absolute Gasteiger partial charge is 0.245 e. The van der Waals surface area contributed by atoms with Crippen molar-refractivity contribution in [1.29, 1.82) is 0 Å². The van der Waals surface area contributed by atoms with E-state index >= 15 is 0 Å². The zero-order chi connectivity index (χ0) is 6.53. The lowest BCUT2D eigenvalue weighted by molar-refractivity contribution is 1.77. The molecule has 1 heteroatoms. The van der Waals surface area contributed by atoms with Gasteiger partial charge < -0.3 is 0 Å². The van der Waals surface area contributed by atoms with Crippen molar-refractivity contribution in [1.82, 2.24) is 0 Å². The topological polar surface area (TPSA) is 0 Å². The molecule has 0 nitrogen and oxygen atoms in total. The van der Waals surface area contributed by atoms with Crippen LogP contribution in [-0.2, 0) is 0 Å². The highest BCUT2D eigenvalue weighted by atomic mass is 13.7. The van der Waals surface area contributed by atoms with E-state index in [0.29, 0.717) is 0 Å². The van der Waals surface area contributed by atoms with Crippen molar-refractivity contribution < 1.29 is 0 Å². The highest BCUT2D eigenvalue weighted by molar-refractivity contribution is 6.61. The van der Waals surface area contributed by atoms with Crippen molar-refractivity contribution in [2.75, 3.05) is 0 Å². The molecular formula is C8H7B. The van der Waals surface area contributed by atoms with Crippen LogP contribution in [0.2, 0.25) is 0 Å². The molecule has 0 amide bonds. The lowest BCUT2D eigenvalue weighted by atomic mass is 9.72. The van der Waals surface area contributed by atoms with Gasteiger partial charge >= 0.3 is 0 Å². The number of rotatable bonds is 1. The summed E-state index contributed by atoms with van der Waals surface area (Å²) < 4.78 is 0. The van der Waals surface area contributed by atoms with Gasteiger partial charge in [-0.05, 0) is 0 Å². The van der Waals surface area contributed by atoms with Crippen molar-refractivity contribution in [2.24, 2.45) is 0 Å². The fourth-order valence-electron chi connectivity index (χ4n) is 0.714. The Bertz CT molecular complexity index is 208. The minimum atomic E-state index is 0.737. The molecule has 1 aromatic carbocycles. The van der Waals surface area contributed by atoms with Crippen LogP contribution in [0.1, 0.15) is 0 Å². The molecule has 0 radical (unpaired) electrons. The Morgan fingerprint density at radius 2 is 1.89 bits per heavy atom. The molecule has 0 aliphatic carbocycles. The third kappa shape index (κ3) is 1.66. The first-order valence-corrected chi connectivity index (χ1v) is 2.91. The lowest BCUT2D eigenvalue weighted by Crippen LogP contribution is -2.10. The zero-order valence-electron chi connectivity index (χ0n) is 5.17. The average Bonchev–Trinajstić information content (AvgIpc) is 1.91. The van der Waals surface area contributed by atoms with E-state index in [9.17, 15) is 0 Å². The molecule has 0 atom stereocenters. The van der Waals surface area contributed by atoms with Gasteiger partial charge in [-0.1, -0.05) is 35.8 Å². The Morgan fingerprint density at radius 1 is 1.22 bits per heavy atom. The van der Waals surface area contributed by atoms with Crippen molar-refractivity contribution in [3.05, 3.63) is 30.3 Å². The molecule has 0 N–H and O–H groups in total. The van der Waals surface area contributed by atoms with Gasteiger partial charge in [-0.25, -0.2) is 0 Å². The molecular weight excluding hydrogens is 107 g/mol. The Kier molecular flexibility index (Phi) is 1.98. The fourth-order valence-corrected chi connectivity index (χ4v) is 0.714. The highest BCUT2D eigenvalue weighted by Crippen LogP contribution is 1.79. The molecule has 42 valence electrons. The summed E-state index contributed by atoms with van der Waals surface area (Å²) in [6.07, 6.45) is 5.11. The Hall–Kier alpha value is -1.16. The highest BCUT2D eigenvalue weighted by Gasteiger charge is 1.85. The van der Waals surface area contributed by atoms with Crippen molar-refractivity contribution >= 4 is 12.7 Å². The predicted octanol–water partition coefficient (Wildman–Crippen LogP) is 0.339. The van der Waals surface area contributed by atoms with E-state index in [1.54, 1.807) is 0 Å². The van der Waals surface area contributed by atoms with E-state index < -0.39 is 0 Å². The molecule has 0 aliphatic heterocycles. The molecule has 1 aromatic rings. The maximum atomic E-state index is 5.11. The van der Waals surface area contributed by atoms with Crippen LogP contribution >= 0.6 is 0 Å². The minimum Gasteiger partial charge on any atom is -0.157 e. The van der Waals surface area contributed by atoms with E-state index in [-0.39, 0.29) is 0 Å². The van der Waals surface area contributed by atoms with E-state index in [1.807, 2.05) is 30.3 Å². The minimum absolute atomic E-state index is 0.737. The van der Waals surface area contributed by atoms with Gasteiger partial charge in [0.2, 0.25) is 7.28 Å². The van der Waals surface area contributed by atoms with Gasteiger partial charge in [0.15, 0.2) is 0 Å². The third-order valence-corrected chi connectivity index (χ3v) is 1.15. The number of benzene rings is 1. The molecule has 0 spiro atoms. The molecule has 0 heterocycles. The quantitative estimate of drug-likeness (QED) is 0.364. The Morgan fingerprint density at radius 3 is 2.44 bits per heavy atom. The van der Waals surface area contributed by atoms with Gasteiger partial charge in [0.25, 0.3) is 0 Å².